The zero-order valence-corrected chi connectivity index (χ0v) is 11.8. The molecule has 0 saturated heterocycles. The summed E-state index contributed by atoms with van der Waals surface area (Å²) in [4.78, 5) is 4.37. The molecule has 1 heterocycles. The molecule has 1 fully saturated rings. The largest absolute Gasteiger partial charge is 0.330 e. The van der Waals surface area contributed by atoms with Crippen LogP contribution in [0.4, 0.5) is 0 Å². The van der Waals surface area contributed by atoms with E-state index >= 15 is 0 Å². The first kappa shape index (κ1) is 12.2. The van der Waals surface area contributed by atoms with Gasteiger partial charge < -0.3 is 9.88 Å². The highest BCUT2D eigenvalue weighted by atomic mass is 15.1. The Morgan fingerprint density at radius 2 is 2.00 bits per heavy atom. The number of nitrogens with one attached hydrogen (secondary N) is 1. The standard InChI is InChI=1S/C17H21N3/c1-2-4-14-9-16(8-5-13(14)3-1)20-12-18-10-17(20)11-19-15-6-7-15/h1-4,10,12,15-16,19H,5-9,11H2. The fourth-order valence-corrected chi connectivity index (χ4v) is 3.25. The molecule has 20 heavy (non-hydrogen) atoms. The average molecular weight is 267 g/mol. The molecule has 3 heteroatoms. The second kappa shape index (κ2) is 5.06. The van der Waals surface area contributed by atoms with E-state index in [1.54, 1.807) is 0 Å². The molecule has 0 amide bonds. The van der Waals surface area contributed by atoms with E-state index in [-0.39, 0.29) is 0 Å². The van der Waals surface area contributed by atoms with Gasteiger partial charge in [0.25, 0.3) is 0 Å². The second-order valence-electron chi connectivity index (χ2n) is 6.11. The molecular weight excluding hydrogens is 246 g/mol. The number of aryl methyl sites for hydroxylation is 1. The molecule has 1 aromatic heterocycles. The molecule has 0 bridgehead atoms. The first-order valence-electron chi connectivity index (χ1n) is 7.71. The van der Waals surface area contributed by atoms with Crippen LogP contribution in [0.25, 0.3) is 0 Å². The number of hydrogen-bond donors (Lipinski definition) is 1. The maximum atomic E-state index is 4.37. The predicted molar refractivity (Wildman–Crippen MR) is 79.6 cm³/mol. The van der Waals surface area contributed by atoms with Crippen LogP contribution in [0.5, 0.6) is 0 Å². The molecule has 0 radical (unpaired) electrons. The topological polar surface area (TPSA) is 29.9 Å². The molecule has 1 aromatic carbocycles. The highest BCUT2D eigenvalue weighted by Gasteiger charge is 2.23. The maximum Gasteiger partial charge on any atom is 0.0951 e. The van der Waals surface area contributed by atoms with E-state index in [0.29, 0.717) is 6.04 Å². The van der Waals surface area contributed by atoms with Gasteiger partial charge in [-0.2, -0.15) is 0 Å². The van der Waals surface area contributed by atoms with Gasteiger partial charge in [-0.25, -0.2) is 4.98 Å². The summed E-state index contributed by atoms with van der Waals surface area (Å²) in [6.45, 7) is 0.961. The normalized spacial score (nSPS) is 21.7. The number of rotatable bonds is 4. The minimum Gasteiger partial charge on any atom is -0.330 e. The van der Waals surface area contributed by atoms with Crippen LogP contribution < -0.4 is 5.32 Å². The number of imidazole rings is 1. The van der Waals surface area contributed by atoms with E-state index in [0.717, 1.165) is 19.0 Å². The molecule has 4 rings (SSSR count). The van der Waals surface area contributed by atoms with E-state index in [4.69, 9.17) is 0 Å². The van der Waals surface area contributed by atoms with Gasteiger partial charge in [0.1, 0.15) is 0 Å². The Bertz CT molecular complexity index is 598. The van der Waals surface area contributed by atoms with Gasteiger partial charge in [0.05, 0.1) is 12.0 Å². The number of nitrogens with zero attached hydrogens (tertiary/aromatic N) is 2. The minimum absolute atomic E-state index is 0.573. The summed E-state index contributed by atoms with van der Waals surface area (Å²) in [6.07, 6.45) is 10.3. The third kappa shape index (κ3) is 2.38. The van der Waals surface area contributed by atoms with E-state index in [1.165, 1.54) is 42.5 Å². The fraction of sp³-hybridized carbons (Fsp3) is 0.471. The molecule has 1 atom stereocenters. The van der Waals surface area contributed by atoms with Crippen molar-refractivity contribution in [3.05, 3.63) is 53.6 Å². The van der Waals surface area contributed by atoms with Gasteiger partial charge in [-0.05, 0) is 43.2 Å². The summed E-state index contributed by atoms with van der Waals surface area (Å²) in [5, 5.41) is 3.60. The molecular formula is C17H21N3. The molecule has 2 aliphatic rings. The van der Waals surface area contributed by atoms with Crippen molar-refractivity contribution in [3.63, 3.8) is 0 Å². The summed E-state index contributed by atoms with van der Waals surface area (Å²) < 4.78 is 2.39. The van der Waals surface area contributed by atoms with Crippen molar-refractivity contribution in [2.45, 2.75) is 50.7 Å². The van der Waals surface area contributed by atoms with Crippen LogP contribution in [0.2, 0.25) is 0 Å². The Morgan fingerprint density at radius 3 is 2.85 bits per heavy atom. The van der Waals surface area contributed by atoms with Gasteiger partial charge in [0.15, 0.2) is 0 Å². The zero-order valence-electron chi connectivity index (χ0n) is 11.8. The highest BCUT2D eigenvalue weighted by Crippen LogP contribution is 2.29. The van der Waals surface area contributed by atoms with Gasteiger partial charge >= 0.3 is 0 Å². The molecule has 3 nitrogen and oxygen atoms in total. The first-order chi connectivity index (χ1) is 9.90. The third-order valence-electron chi connectivity index (χ3n) is 4.61. The summed E-state index contributed by atoms with van der Waals surface area (Å²) in [5.41, 5.74) is 4.38. The molecule has 104 valence electrons. The van der Waals surface area contributed by atoms with Crippen molar-refractivity contribution in [2.75, 3.05) is 0 Å². The van der Waals surface area contributed by atoms with Crippen LogP contribution in [0, 0.1) is 0 Å². The van der Waals surface area contributed by atoms with Crippen molar-refractivity contribution in [1.29, 1.82) is 0 Å². The van der Waals surface area contributed by atoms with Gasteiger partial charge in [-0.15, -0.1) is 0 Å². The summed E-state index contributed by atoms with van der Waals surface area (Å²) in [5.74, 6) is 0. The average Bonchev–Trinajstić information content (AvgIpc) is 3.21. The van der Waals surface area contributed by atoms with Gasteiger partial charge in [-0.3, -0.25) is 0 Å². The monoisotopic (exact) mass is 267 g/mol. The molecule has 2 aliphatic carbocycles. The zero-order chi connectivity index (χ0) is 13.4. The highest BCUT2D eigenvalue weighted by molar-refractivity contribution is 5.30. The van der Waals surface area contributed by atoms with Crippen LogP contribution in [0.1, 0.15) is 42.1 Å². The second-order valence-corrected chi connectivity index (χ2v) is 6.11. The van der Waals surface area contributed by atoms with Gasteiger partial charge in [-0.1, -0.05) is 24.3 Å². The lowest BCUT2D eigenvalue weighted by atomic mass is 9.88. The fourth-order valence-electron chi connectivity index (χ4n) is 3.25. The number of fused-ring (bicyclic) bond motifs is 1. The SMILES string of the molecule is c1ccc2c(c1)CCC(n1cncc1CNC1CC1)C2. The van der Waals surface area contributed by atoms with Gasteiger partial charge in [0, 0.05) is 24.8 Å². The van der Waals surface area contributed by atoms with E-state index in [1.807, 2.05) is 12.5 Å². The van der Waals surface area contributed by atoms with Crippen LogP contribution in [0.15, 0.2) is 36.8 Å². The summed E-state index contributed by atoms with van der Waals surface area (Å²) >= 11 is 0. The lowest BCUT2D eigenvalue weighted by Crippen LogP contribution is -2.23. The van der Waals surface area contributed by atoms with Crippen molar-refractivity contribution in [3.8, 4) is 0 Å². The lowest BCUT2D eigenvalue weighted by Gasteiger charge is -2.27. The summed E-state index contributed by atoms with van der Waals surface area (Å²) in [6, 6.07) is 10.2. The van der Waals surface area contributed by atoms with Crippen molar-refractivity contribution < 1.29 is 0 Å². The first-order valence-corrected chi connectivity index (χ1v) is 7.71. The third-order valence-corrected chi connectivity index (χ3v) is 4.61. The number of hydrogen-bond acceptors (Lipinski definition) is 2. The van der Waals surface area contributed by atoms with Crippen molar-refractivity contribution in [1.82, 2.24) is 14.9 Å². The Labute approximate surface area is 120 Å². The van der Waals surface area contributed by atoms with Crippen molar-refractivity contribution in [2.24, 2.45) is 0 Å². The molecule has 2 aromatic rings. The molecule has 1 unspecified atom stereocenters. The van der Waals surface area contributed by atoms with E-state index < -0.39 is 0 Å². The Morgan fingerprint density at radius 1 is 1.15 bits per heavy atom. The van der Waals surface area contributed by atoms with Crippen molar-refractivity contribution >= 4 is 0 Å². The van der Waals surface area contributed by atoms with E-state index in [9.17, 15) is 0 Å². The Kier molecular flexibility index (Phi) is 3.07. The van der Waals surface area contributed by atoms with Gasteiger partial charge in [0.2, 0.25) is 0 Å². The summed E-state index contributed by atoms with van der Waals surface area (Å²) in [7, 11) is 0. The number of aromatic nitrogens is 2. The van der Waals surface area contributed by atoms with Crippen LogP contribution in [-0.2, 0) is 19.4 Å². The Hall–Kier alpha value is -1.61. The predicted octanol–water partition coefficient (Wildman–Crippen LogP) is 2.87. The quantitative estimate of drug-likeness (QED) is 0.923. The smallest absolute Gasteiger partial charge is 0.0951 e. The number of benzene rings is 1. The lowest BCUT2D eigenvalue weighted by molar-refractivity contribution is 0.425. The van der Waals surface area contributed by atoms with E-state index in [2.05, 4.69) is 39.1 Å². The molecule has 0 spiro atoms. The van der Waals surface area contributed by atoms with Crippen LogP contribution in [0.3, 0.4) is 0 Å². The maximum absolute atomic E-state index is 4.37. The Balaban J connectivity index is 1.52. The molecule has 0 aliphatic heterocycles. The van der Waals surface area contributed by atoms with Crippen LogP contribution in [-0.4, -0.2) is 15.6 Å². The van der Waals surface area contributed by atoms with Crippen LogP contribution >= 0.6 is 0 Å². The molecule has 1 saturated carbocycles. The molecule has 1 N–H and O–H groups in total. The minimum atomic E-state index is 0.573.